The maximum Gasteiger partial charge on any atom is -0.0222 e. The molecule has 0 unspecified atom stereocenters. The summed E-state index contributed by atoms with van der Waals surface area (Å²) in [6, 6.07) is 0. The third kappa shape index (κ3) is 1.00. The molecule has 2 aliphatic rings. The first-order valence-corrected chi connectivity index (χ1v) is 4.46. The zero-order valence-corrected chi connectivity index (χ0v) is 6.53. The molecule has 1 fully saturated rings. The van der Waals surface area contributed by atoms with Gasteiger partial charge < -0.3 is 0 Å². The molecule has 0 aliphatic heterocycles. The van der Waals surface area contributed by atoms with Crippen LogP contribution >= 0.6 is 0 Å². The Balaban J connectivity index is 2.06. The van der Waals surface area contributed by atoms with E-state index in [0.29, 0.717) is 0 Å². The largest absolute Gasteiger partial charge is 0.0810 e. The van der Waals surface area contributed by atoms with Crippen molar-refractivity contribution in [2.45, 2.75) is 44.9 Å². The molecule has 0 amide bonds. The smallest absolute Gasteiger partial charge is 0.0222 e. The minimum Gasteiger partial charge on any atom is -0.0810 e. The summed E-state index contributed by atoms with van der Waals surface area (Å²) in [5.41, 5.74) is 0.731. The van der Waals surface area contributed by atoms with Crippen LogP contribution in [0.4, 0.5) is 0 Å². The van der Waals surface area contributed by atoms with Gasteiger partial charge in [-0.2, -0.15) is 0 Å². The summed E-state index contributed by atoms with van der Waals surface area (Å²) >= 11 is 0. The van der Waals surface area contributed by atoms with E-state index in [1.54, 1.807) is 0 Å². The summed E-state index contributed by atoms with van der Waals surface area (Å²) in [6.45, 7) is 0. The molecular weight excluding hydrogens is 120 g/mol. The van der Waals surface area contributed by atoms with Gasteiger partial charge in [0.15, 0.2) is 0 Å². The van der Waals surface area contributed by atoms with E-state index in [-0.39, 0.29) is 0 Å². The van der Waals surface area contributed by atoms with E-state index in [1.165, 1.54) is 44.9 Å². The number of hydrogen-bond acceptors (Lipinski definition) is 0. The Morgan fingerprint density at radius 3 is 2.50 bits per heavy atom. The molecule has 0 aromatic carbocycles. The van der Waals surface area contributed by atoms with E-state index in [4.69, 9.17) is 0 Å². The van der Waals surface area contributed by atoms with Crippen molar-refractivity contribution < 1.29 is 0 Å². The molecule has 0 heteroatoms. The zero-order chi connectivity index (χ0) is 6.86. The molecule has 2 aliphatic carbocycles. The monoisotopic (exact) mass is 135 g/mol. The van der Waals surface area contributed by atoms with Crippen LogP contribution in [0.3, 0.4) is 0 Å². The Labute approximate surface area is 63.3 Å². The number of allylic oxidation sites excluding steroid dienone is 2. The molecule has 55 valence electrons. The van der Waals surface area contributed by atoms with E-state index >= 15 is 0 Å². The Hall–Kier alpha value is -0.260. The highest BCUT2D eigenvalue weighted by Crippen LogP contribution is 2.46. The van der Waals surface area contributed by atoms with Gasteiger partial charge in [-0.1, -0.05) is 18.9 Å². The van der Waals surface area contributed by atoms with Crippen LogP contribution in [0.5, 0.6) is 0 Å². The number of rotatable bonds is 0. The van der Waals surface area contributed by atoms with Crippen molar-refractivity contribution in [3.05, 3.63) is 12.2 Å². The van der Waals surface area contributed by atoms with Crippen LogP contribution in [-0.2, 0) is 0 Å². The standard InChI is InChI=1S/C10H15/c1-2-6-10(7-3-1)8-4-5-9-10/h1H,2,4-9H2. The maximum atomic E-state index is 3.39. The molecule has 1 spiro atoms. The SMILES string of the molecule is [C]1=CCCC2(C1)CCCC2. The topological polar surface area (TPSA) is 0 Å². The molecule has 0 nitrogen and oxygen atoms in total. The van der Waals surface area contributed by atoms with Crippen molar-refractivity contribution >= 4 is 0 Å². The van der Waals surface area contributed by atoms with E-state index < -0.39 is 0 Å². The van der Waals surface area contributed by atoms with Gasteiger partial charge in [-0.15, -0.1) is 0 Å². The van der Waals surface area contributed by atoms with Crippen LogP contribution in [0.1, 0.15) is 44.9 Å². The molecule has 0 N–H and O–H groups in total. The van der Waals surface area contributed by atoms with E-state index in [2.05, 4.69) is 12.2 Å². The Bertz CT molecular complexity index is 138. The van der Waals surface area contributed by atoms with Crippen LogP contribution < -0.4 is 0 Å². The Morgan fingerprint density at radius 2 is 1.90 bits per heavy atom. The predicted molar refractivity (Wildman–Crippen MR) is 42.6 cm³/mol. The quantitative estimate of drug-likeness (QED) is 0.479. The van der Waals surface area contributed by atoms with Crippen molar-refractivity contribution in [2.75, 3.05) is 0 Å². The molecule has 10 heavy (non-hydrogen) atoms. The second kappa shape index (κ2) is 2.41. The van der Waals surface area contributed by atoms with Crippen molar-refractivity contribution in [1.82, 2.24) is 0 Å². The average Bonchev–Trinajstić information content (AvgIpc) is 2.39. The lowest BCUT2D eigenvalue weighted by Gasteiger charge is -2.29. The lowest BCUT2D eigenvalue weighted by Crippen LogP contribution is -2.17. The van der Waals surface area contributed by atoms with Gasteiger partial charge in [0.05, 0.1) is 0 Å². The van der Waals surface area contributed by atoms with Crippen molar-refractivity contribution in [3.63, 3.8) is 0 Å². The van der Waals surface area contributed by atoms with E-state index in [9.17, 15) is 0 Å². The number of hydrogen-bond donors (Lipinski definition) is 0. The average molecular weight is 135 g/mol. The fourth-order valence-corrected chi connectivity index (χ4v) is 2.41. The third-order valence-electron chi connectivity index (χ3n) is 3.10. The third-order valence-corrected chi connectivity index (χ3v) is 3.10. The highest BCUT2D eigenvalue weighted by Gasteiger charge is 2.32. The Morgan fingerprint density at radius 1 is 1.10 bits per heavy atom. The van der Waals surface area contributed by atoms with Crippen LogP contribution in [-0.4, -0.2) is 0 Å². The van der Waals surface area contributed by atoms with Gasteiger partial charge in [0.2, 0.25) is 0 Å². The first-order valence-electron chi connectivity index (χ1n) is 4.46. The van der Waals surface area contributed by atoms with Gasteiger partial charge in [0, 0.05) is 0 Å². The summed E-state index contributed by atoms with van der Waals surface area (Å²) in [4.78, 5) is 0. The minimum atomic E-state index is 0.731. The molecule has 0 aromatic heterocycles. The molecular formula is C10H15. The van der Waals surface area contributed by atoms with Crippen LogP contribution in [0.2, 0.25) is 0 Å². The summed E-state index contributed by atoms with van der Waals surface area (Å²) < 4.78 is 0. The molecule has 0 aromatic rings. The lowest BCUT2D eigenvalue weighted by molar-refractivity contribution is 0.263. The fraction of sp³-hybridized carbons (Fsp3) is 0.800. The van der Waals surface area contributed by atoms with Gasteiger partial charge in [0.25, 0.3) is 0 Å². The van der Waals surface area contributed by atoms with Crippen LogP contribution in [0, 0.1) is 11.5 Å². The van der Waals surface area contributed by atoms with Gasteiger partial charge in [-0.05, 0) is 43.6 Å². The second-order valence-electron chi connectivity index (χ2n) is 3.83. The first kappa shape index (κ1) is 6.45. The summed E-state index contributed by atoms with van der Waals surface area (Å²) in [5.74, 6) is 0. The molecule has 0 saturated heterocycles. The highest BCUT2D eigenvalue weighted by molar-refractivity contribution is 4.95. The zero-order valence-electron chi connectivity index (χ0n) is 6.53. The van der Waals surface area contributed by atoms with Crippen LogP contribution in [0.25, 0.3) is 0 Å². The molecule has 1 radical (unpaired) electrons. The lowest BCUT2D eigenvalue weighted by atomic mass is 9.76. The minimum absolute atomic E-state index is 0.731. The predicted octanol–water partition coefficient (Wildman–Crippen LogP) is 3.09. The fourth-order valence-electron chi connectivity index (χ4n) is 2.41. The first-order chi connectivity index (χ1) is 4.91. The van der Waals surface area contributed by atoms with Crippen molar-refractivity contribution in [2.24, 2.45) is 5.41 Å². The van der Waals surface area contributed by atoms with Crippen LogP contribution in [0.15, 0.2) is 6.08 Å². The van der Waals surface area contributed by atoms with Gasteiger partial charge in [-0.3, -0.25) is 0 Å². The van der Waals surface area contributed by atoms with E-state index in [1.807, 2.05) is 0 Å². The molecule has 0 bridgehead atoms. The molecule has 1 saturated carbocycles. The highest BCUT2D eigenvalue weighted by atomic mass is 14.4. The molecule has 0 heterocycles. The summed E-state index contributed by atoms with van der Waals surface area (Å²) in [6.07, 6.45) is 15.5. The van der Waals surface area contributed by atoms with Crippen molar-refractivity contribution in [3.8, 4) is 0 Å². The van der Waals surface area contributed by atoms with Gasteiger partial charge in [0.1, 0.15) is 0 Å². The van der Waals surface area contributed by atoms with E-state index in [0.717, 1.165) is 5.41 Å². The van der Waals surface area contributed by atoms with Crippen molar-refractivity contribution in [1.29, 1.82) is 0 Å². The van der Waals surface area contributed by atoms with Gasteiger partial charge in [-0.25, -0.2) is 0 Å². The summed E-state index contributed by atoms with van der Waals surface area (Å²) in [7, 11) is 0. The summed E-state index contributed by atoms with van der Waals surface area (Å²) in [5, 5.41) is 0. The maximum absolute atomic E-state index is 3.39. The molecule has 0 atom stereocenters. The Kier molecular flexibility index (Phi) is 1.55. The molecule has 2 rings (SSSR count). The second-order valence-corrected chi connectivity index (χ2v) is 3.83. The normalized spacial score (nSPS) is 29.6. The van der Waals surface area contributed by atoms with Gasteiger partial charge >= 0.3 is 0 Å².